The van der Waals surface area contributed by atoms with E-state index < -0.39 is 11.9 Å². The highest BCUT2D eigenvalue weighted by molar-refractivity contribution is 6.07. The van der Waals surface area contributed by atoms with Crippen LogP contribution in [0.1, 0.15) is 30.6 Å². The average molecular weight is 301 g/mol. The first-order valence-electron chi connectivity index (χ1n) is 7.23. The monoisotopic (exact) mass is 301 g/mol. The first-order valence-corrected chi connectivity index (χ1v) is 7.23. The summed E-state index contributed by atoms with van der Waals surface area (Å²) in [6.07, 6.45) is 0.825. The van der Waals surface area contributed by atoms with E-state index in [1.807, 2.05) is 6.92 Å². The Hall–Kier alpha value is -2.63. The molecule has 0 aliphatic rings. The molecule has 2 rings (SSSR count). The average Bonchev–Trinajstić information content (AvgIpc) is 2.51. The van der Waals surface area contributed by atoms with Gasteiger partial charge >= 0.3 is 0 Å². The third-order valence-corrected chi connectivity index (χ3v) is 3.29. The van der Waals surface area contributed by atoms with Gasteiger partial charge < -0.3 is 15.6 Å². The van der Waals surface area contributed by atoms with E-state index in [9.17, 15) is 14.4 Å². The highest BCUT2D eigenvalue weighted by Crippen LogP contribution is 2.14. The van der Waals surface area contributed by atoms with Gasteiger partial charge in [-0.1, -0.05) is 25.1 Å². The smallest absolute Gasteiger partial charge is 0.252 e. The number of fused-ring (bicyclic) bond motifs is 1. The number of pyridine rings is 1. The molecule has 1 aromatic heterocycles. The normalized spacial score (nSPS) is 11.9. The van der Waals surface area contributed by atoms with Crippen molar-refractivity contribution in [3.63, 3.8) is 0 Å². The van der Waals surface area contributed by atoms with Crippen molar-refractivity contribution >= 4 is 22.7 Å². The maximum Gasteiger partial charge on any atom is 0.252 e. The van der Waals surface area contributed by atoms with Crippen LogP contribution in [0.3, 0.4) is 0 Å². The Labute approximate surface area is 127 Å². The molecule has 1 heterocycles. The number of aromatic amines is 1. The third kappa shape index (κ3) is 3.52. The zero-order valence-electron chi connectivity index (χ0n) is 12.6. The van der Waals surface area contributed by atoms with Gasteiger partial charge in [0.2, 0.25) is 11.5 Å². The van der Waals surface area contributed by atoms with E-state index in [0.29, 0.717) is 17.4 Å². The molecule has 6 heteroatoms. The zero-order valence-corrected chi connectivity index (χ0v) is 12.6. The minimum absolute atomic E-state index is 0.246. The SMILES string of the molecule is CCCNC(=O)C(C)NC(=O)c1cc(=O)[nH]c2ccccc12. The Morgan fingerprint density at radius 2 is 2.00 bits per heavy atom. The number of rotatable bonds is 5. The van der Waals surface area contributed by atoms with Crippen LogP contribution in [0.2, 0.25) is 0 Å². The van der Waals surface area contributed by atoms with Gasteiger partial charge in [-0.15, -0.1) is 0 Å². The van der Waals surface area contributed by atoms with Gasteiger partial charge in [-0.3, -0.25) is 14.4 Å². The van der Waals surface area contributed by atoms with Gasteiger partial charge in [-0.05, 0) is 19.4 Å². The van der Waals surface area contributed by atoms with Crippen molar-refractivity contribution in [2.75, 3.05) is 6.54 Å². The van der Waals surface area contributed by atoms with E-state index in [1.54, 1.807) is 31.2 Å². The standard InChI is InChI=1S/C16H19N3O3/c1-3-8-17-15(21)10(2)18-16(22)12-9-14(20)19-13-7-5-4-6-11(12)13/h4-7,9-10H,3,8H2,1-2H3,(H,17,21)(H,18,22)(H,19,20). The Kier molecular flexibility index (Phi) is 4.93. The molecule has 1 unspecified atom stereocenters. The van der Waals surface area contributed by atoms with Gasteiger partial charge in [-0.25, -0.2) is 0 Å². The van der Waals surface area contributed by atoms with E-state index in [-0.39, 0.29) is 17.0 Å². The molecule has 0 radical (unpaired) electrons. The van der Waals surface area contributed by atoms with Gasteiger partial charge in [0.1, 0.15) is 6.04 Å². The van der Waals surface area contributed by atoms with Crippen LogP contribution in [-0.4, -0.2) is 29.4 Å². The molecular formula is C16H19N3O3. The van der Waals surface area contributed by atoms with Crippen LogP contribution in [0.25, 0.3) is 10.9 Å². The number of aromatic nitrogens is 1. The fraction of sp³-hybridized carbons (Fsp3) is 0.312. The van der Waals surface area contributed by atoms with Crippen molar-refractivity contribution < 1.29 is 9.59 Å². The molecular weight excluding hydrogens is 282 g/mol. The Morgan fingerprint density at radius 1 is 1.27 bits per heavy atom. The summed E-state index contributed by atoms with van der Waals surface area (Å²) in [7, 11) is 0. The minimum Gasteiger partial charge on any atom is -0.354 e. The highest BCUT2D eigenvalue weighted by atomic mass is 16.2. The molecule has 1 atom stereocenters. The molecule has 3 N–H and O–H groups in total. The van der Waals surface area contributed by atoms with Crippen LogP contribution in [0, 0.1) is 0 Å². The Morgan fingerprint density at radius 3 is 2.73 bits per heavy atom. The van der Waals surface area contributed by atoms with Crippen molar-refractivity contribution in [3.8, 4) is 0 Å². The van der Waals surface area contributed by atoms with E-state index in [1.165, 1.54) is 6.07 Å². The lowest BCUT2D eigenvalue weighted by Crippen LogP contribution is -2.45. The maximum atomic E-state index is 12.4. The summed E-state index contributed by atoms with van der Waals surface area (Å²) in [5.41, 5.74) is 0.490. The zero-order chi connectivity index (χ0) is 16.1. The molecule has 0 aliphatic heterocycles. The number of hydrogen-bond donors (Lipinski definition) is 3. The second-order valence-electron chi connectivity index (χ2n) is 5.08. The van der Waals surface area contributed by atoms with Crippen molar-refractivity contribution in [1.29, 1.82) is 0 Å². The molecule has 2 amide bonds. The van der Waals surface area contributed by atoms with Crippen LogP contribution in [0.15, 0.2) is 35.1 Å². The number of para-hydroxylation sites is 1. The first-order chi connectivity index (χ1) is 10.5. The van der Waals surface area contributed by atoms with Crippen LogP contribution in [-0.2, 0) is 4.79 Å². The Balaban J connectivity index is 2.23. The van der Waals surface area contributed by atoms with Crippen molar-refractivity contribution in [2.24, 2.45) is 0 Å². The van der Waals surface area contributed by atoms with Crippen molar-refractivity contribution in [1.82, 2.24) is 15.6 Å². The van der Waals surface area contributed by atoms with Gasteiger partial charge in [0, 0.05) is 23.5 Å². The van der Waals surface area contributed by atoms with Crippen molar-refractivity contribution in [3.05, 3.63) is 46.2 Å². The summed E-state index contributed by atoms with van der Waals surface area (Å²) < 4.78 is 0. The van der Waals surface area contributed by atoms with E-state index >= 15 is 0 Å². The van der Waals surface area contributed by atoms with Gasteiger partial charge in [0.05, 0.1) is 5.56 Å². The number of nitrogens with one attached hydrogen (secondary N) is 3. The number of amides is 2. The summed E-state index contributed by atoms with van der Waals surface area (Å²) in [6, 6.07) is 7.62. The molecule has 2 aromatic rings. The van der Waals surface area contributed by atoms with E-state index in [0.717, 1.165) is 6.42 Å². The molecule has 0 fully saturated rings. The van der Waals surface area contributed by atoms with E-state index in [2.05, 4.69) is 15.6 Å². The molecule has 1 aromatic carbocycles. The molecule has 0 bridgehead atoms. The lowest BCUT2D eigenvalue weighted by atomic mass is 10.1. The quantitative estimate of drug-likeness (QED) is 0.774. The van der Waals surface area contributed by atoms with Crippen LogP contribution >= 0.6 is 0 Å². The number of hydrogen-bond acceptors (Lipinski definition) is 3. The molecule has 116 valence electrons. The summed E-state index contributed by atoms with van der Waals surface area (Å²) in [4.78, 5) is 38.5. The number of carbonyl (C=O) groups excluding carboxylic acids is 2. The molecule has 6 nitrogen and oxygen atoms in total. The maximum absolute atomic E-state index is 12.4. The summed E-state index contributed by atoms with van der Waals surface area (Å²) >= 11 is 0. The lowest BCUT2D eigenvalue weighted by molar-refractivity contribution is -0.122. The summed E-state index contributed by atoms with van der Waals surface area (Å²) in [5, 5.41) is 5.98. The number of carbonyl (C=O) groups is 2. The minimum atomic E-state index is -0.669. The fourth-order valence-corrected chi connectivity index (χ4v) is 2.13. The topological polar surface area (TPSA) is 91.1 Å². The summed E-state index contributed by atoms with van der Waals surface area (Å²) in [5.74, 6) is -0.689. The molecule has 0 saturated heterocycles. The predicted molar refractivity (Wildman–Crippen MR) is 84.8 cm³/mol. The van der Waals surface area contributed by atoms with Gasteiger partial charge in [0.15, 0.2) is 0 Å². The van der Waals surface area contributed by atoms with Crippen LogP contribution in [0.4, 0.5) is 0 Å². The lowest BCUT2D eigenvalue weighted by Gasteiger charge is -2.14. The third-order valence-electron chi connectivity index (χ3n) is 3.29. The predicted octanol–water partition coefficient (Wildman–Crippen LogP) is 1.17. The number of benzene rings is 1. The van der Waals surface area contributed by atoms with Gasteiger partial charge in [-0.2, -0.15) is 0 Å². The van der Waals surface area contributed by atoms with Crippen molar-refractivity contribution in [2.45, 2.75) is 26.3 Å². The van der Waals surface area contributed by atoms with Gasteiger partial charge in [0.25, 0.3) is 5.91 Å². The second-order valence-corrected chi connectivity index (χ2v) is 5.08. The Bertz CT molecular complexity index is 752. The van der Waals surface area contributed by atoms with E-state index in [4.69, 9.17) is 0 Å². The molecule has 0 saturated carbocycles. The highest BCUT2D eigenvalue weighted by Gasteiger charge is 2.18. The molecule has 22 heavy (non-hydrogen) atoms. The molecule has 0 aliphatic carbocycles. The number of H-pyrrole nitrogens is 1. The van der Waals surface area contributed by atoms with Crippen LogP contribution in [0.5, 0.6) is 0 Å². The molecule has 0 spiro atoms. The fourth-order valence-electron chi connectivity index (χ4n) is 2.13. The largest absolute Gasteiger partial charge is 0.354 e. The second kappa shape index (κ2) is 6.89. The first kappa shape index (κ1) is 15.8. The van der Waals surface area contributed by atoms with Crippen LogP contribution < -0.4 is 16.2 Å². The summed E-state index contributed by atoms with van der Waals surface area (Å²) in [6.45, 7) is 4.12.